The number of aryl methyl sites for hydroxylation is 1. The first-order chi connectivity index (χ1) is 16.3. The molecule has 2 aliphatic rings. The van der Waals surface area contributed by atoms with E-state index in [2.05, 4.69) is 4.90 Å². The number of ketones is 1. The van der Waals surface area contributed by atoms with E-state index < -0.39 is 17.7 Å². The van der Waals surface area contributed by atoms with E-state index >= 15 is 0 Å². The van der Waals surface area contributed by atoms with Gasteiger partial charge in [0.1, 0.15) is 11.5 Å². The predicted octanol–water partition coefficient (Wildman–Crippen LogP) is 3.54. The Kier molecular flexibility index (Phi) is 7.34. The summed E-state index contributed by atoms with van der Waals surface area (Å²) in [7, 11) is 0. The van der Waals surface area contributed by atoms with Crippen LogP contribution in [0.1, 0.15) is 36.6 Å². The van der Waals surface area contributed by atoms with E-state index in [0.717, 1.165) is 24.2 Å². The zero-order valence-electron chi connectivity index (χ0n) is 20.0. The van der Waals surface area contributed by atoms with Crippen molar-refractivity contribution in [3.8, 4) is 5.75 Å². The smallest absolute Gasteiger partial charge is 0.295 e. The molecule has 7 heteroatoms. The second kappa shape index (κ2) is 10.4. The number of carbonyl (C=O) groups is 2. The molecule has 0 unspecified atom stereocenters. The molecule has 2 aromatic carbocycles. The van der Waals surface area contributed by atoms with Crippen molar-refractivity contribution in [2.24, 2.45) is 0 Å². The lowest BCUT2D eigenvalue weighted by Crippen LogP contribution is -2.42. The average Bonchev–Trinajstić information content (AvgIpc) is 3.08. The summed E-state index contributed by atoms with van der Waals surface area (Å²) in [6.07, 6.45) is 0.0257. The molecule has 0 saturated carbocycles. The molecule has 4 rings (SSSR count). The van der Waals surface area contributed by atoms with Crippen molar-refractivity contribution < 1.29 is 24.2 Å². The number of morpholine rings is 1. The third-order valence-electron chi connectivity index (χ3n) is 6.19. The van der Waals surface area contributed by atoms with E-state index in [1.165, 1.54) is 0 Å². The van der Waals surface area contributed by atoms with Crippen molar-refractivity contribution in [3.63, 3.8) is 0 Å². The molecule has 2 aromatic rings. The molecule has 2 aliphatic heterocycles. The number of hydrogen-bond acceptors (Lipinski definition) is 6. The lowest BCUT2D eigenvalue weighted by atomic mass is 9.94. The minimum absolute atomic E-state index is 0.0257. The molecule has 180 valence electrons. The third-order valence-corrected chi connectivity index (χ3v) is 6.19. The number of carbonyl (C=O) groups excluding carboxylic acids is 2. The van der Waals surface area contributed by atoms with E-state index in [0.29, 0.717) is 37.6 Å². The largest absolute Gasteiger partial charge is 0.507 e. The molecule has 0 radical (unpaired) electrons. The van der Waals surface area contributed by atoms with Crippen LogP contribution in [0.5, 0.6) is 5.75 Å². The van der Waals surface area contributed by atoms with E-state index in [1.807, 2.05) is 45.0 Å². The van der Waals surface area contributed by atoms with Gasteiger partial charge in [-0.1, -0.05) is 29.8 Å². The maximum atomic E-state index is 13.2. The number of benzene rings is 2. The normalized spacial score (nSPS) is 20.8. The van der Waals surface area contributed by atoms with Crippen LogP contribution in [-0.4, -0.2) is 72.1 Å². The summed E-state index contributed by atoms with van der Waals surface area (Å²) in [4.78, 5) is 30.1. The fourth-order valence-corrected chi connectivity index (χ4v) is 4.40. The number of likely N-dealkylation sites (tertiary alicyclic amines) is 1. The first-order valence-electron chi connectivity index (χ1n) is 11.8. The van der Waals surface area contributed by atoms with E-state index in [4.69, 9.17) is 9.47 Å². The molecule has 0 aromatic heterocycles. The van der Waals surface area contributed by atoms with Gasteiger partial charge in [0, 0.05) is 31.7 Å². The van der Waals surface area contributed by atoms with Gasteiger partial charge >= 0.3 is 0 Å². The Hall–Kier alpha value is -3.16. The van der Waals surface area contributed by atoms with E-state index in [9.17, 15) is 14.7 Å². The van der Waals surface area contributed by atoms with Gasteiger partial charge in [-0.2, -0.15) is 0 Å². The number of hydrogen-bond donors (Lipinski definition) is 1. The Morgan fingerprint density at radius 2 is 1.68 bits per heavy atom. The standard InChI is InChI=1S/C27H32N2O5/c1-18(2)34-22-10-8-21(9-11-22)25(30)23-24(20-6-4-19(3)5-7-20)29(27(32)26(23)31)13-12-28-14-16-33-17-15-28/h4-11,18,24,30H,12-17H2,1-3H3/b25-23-/t24-/m1/s1. The highest BCUT2D eigenvalue weighted by Crippen LogP contribution is 2.39. The number of ether oxygens (including phenoxy) is 2. The van der Waals surface area contributed by atoms with Crippen LogP contribution < -0.4 is 4.74 Å². The van der Waals surface area contributed by atoms with Gasteiger partial charge in [-0.15, -0.1) is 0 Å². The van der Waals surface area contributed by atoms with Crippen molar-refractivity contribution >= 4 is 17.4 Å². The molecule has 2 fully saturated rings. The van der Waals surface area contributed by atoms with Crippen LogP contribution >= 0.6 is 0 Å². The minimum Gasteiger partial charge on any atom is -0.507 e. The Labute approximate surface area is 200 Å². The Balaban J connectivity index is 1.69. The highest BCUT2D eigenvalue weighted by Gasteiger charge is 2.46. The number of nitrogens with zero attached hydrogens (tertiary/aromatic N) is 2. The number of rotatable bonds is 7. The summed E-state index contributed by atoms with van der Waals surface area (Å²) in [5, 5.41) is 11.2. The molecule has 0 aliphatic carbocycles. The maximum Gasteiger partial charge on any atom is 0.295 e. The molecule has 0 spiro atoms. The van der Waals surface area contributed by atoms with Gasteiger partial charge in [-0.05, 0) is 50.6 Å². The average molecular weight is 465 g/mol. The lowest BCUT2D eigenvalue weighted by molar-refractivity contribution is -0.140. The quantitative estimate of drug-likeness (QED) is 0.384. The number of aliphatic hydroxyl groups is 1. The zero-order chi connectivity index (χ0) is 24.2. The van der Waals surface area contributed by atoms with Crippen molar-refractivity contribution in [3.05, 3.63) is 70.8 Å². The van der Waals surface area contributed by atoms with Crippen LogP contribution in [0.25, 0.3) is 5.76 Å². The molecule has 1 N–H and O–H groups in total. The summed E-state index contributed by atoms with van der Waals surface area (Å²) in [5.74, 6) is -0.741. The fourth-order valence-electron chi connectivity index (χ4n) is 4.40. The molecule has 7 nitrogen and oxygen atoms in total. The van der Waals surface area contributed by atoms with Crippen molar-refractivity contribution in [2.45, 2.75) is 32.9 Å². The van der Waals surface area contributed by atoms with Gasteiger partial charge < -0.3 is 19.5 Å². The predicted molar refractivity (Wildman–Crippen MR) is 130 cm³/mol. The second-order valence-corrected chi connectivity index (χ2v) is 9.05. The first-order valence-corrected chi connectivity index (χ1v) is 11.8. The number of Topliss-reactive ketones (excluding diaryl/α,β-unsaturated/α-hetero) is 1. The number of aliphatic hydroxyl groups excluding tert-OH is 1. The summed E-state index contributed by atoms with van der Waals surface area (Å²) in [6, 6.07) is 14.0. The summed E-state index contributed by atoms with van der Waals surface area (Å²) in [6.45, 7) is 9.81. The van der Waals surface area contributed by atoms with Gasteiger partial charge in [0.05, 0.1) is 30.9 Å². The molecule has 34 heavy (non-hydrogen) atoms. The number of amides is 1. The maximum absolute atomic E-state index is 13.2. The van der Waals surface area contributed by atoms with Gasteiger partial charge in [0.2, 0.25) is 0 Å². The van der Waals surface area contributed by atoms with Gasteiger partial charge in [0.25, 0.3) is 11.7 Å². The summed E-state index contributed by atoms with van der Waals surface area (Å²) >= 11 is 0. The van der Waals surface area contributed by atoms with Crippen molar-refractivity contribution in [2.75, 3.05) is 39.4 Å². The Morgan fingerprint density at radius 1 is 1.03 bits per heavy atom. The van der Waals surface area contributed by atoms with Crippen LogP contribution in [-0.2, 0) is 14.3 Å². The van der Waals surface area contributed by atoms with Crippen LogP contribution in [0, 0.1) is 6.92 Å². The van der Waals surface area contributed by atoms with E-state index in [1.54, 1.807) is 29.2 Å². The van der Waals surface area contributed by atoms with Gasteiger partial charge in [-0.3, -0.25) is 14.5 Å². The molecule has 2 saturated heterocycles. The molecule has 1 amide bonds. The summed E-state index contributed by atoms with van der Waals surface area (Å²) in [5.41, 5.74) is 2.47. The lowest BCUT2D eigenvalue weighted by Gasteiger charge is -2.31. The van der Waals surface area contributed by atoms with Crippen molar-refractivity contribution in [1.82, 2.24) is 9.80 Å². The highest BCUT2D eigenvalue weighted by molar-refractivity contribution is 6.46. The summed E-state index contributed by atoms with van der Waals surface area (Å²) < 4.78 is 11.1. The third kappa shape index (κ3) is 5.16. The van der Waals surface area contributed by atoms with Crippen LogP contribution in [0.3, 0.4) is 0 Å². The topological polar surface area (TPSA) is 79.3 Å². The van der Waals surface area contributed by atoms with Crippen LogP contribution in [0.2, 0.25) is 0 Å². The fraction of sp³-hybridized carbons (Fsp3) is 0.407. The second-order valence-electron chi connectivity index (χ2n) is 9.05. The minimum atomic E-state index is -0.660. The first kappa shape index (κ1) is 24.0. The monoisotopic (exact) mass is 464 g/mol. The van der Waals surface area contributed by atoms with E-state index in [-0.39, 0.29) is 17.4 Å². The SMILES string of the molecule is Cc1ccc([C@@H]2/C(=C(/O)c3ccc(OC(C)C)cc3)C(=O)C(=O)N2CCN2CCOCC2)cc1. The highest BCUT2D eigenvalue weighted by atomic mass is 16.5. The van der Waals surface area contributed by atoms with Crippen LogP contribution in [0.15, 0.2) is 54.1 Å². The van der Waals surface area contributed by atoms with Gasteiger partial charge in [-0.25, -0.2) is 0 Å². The Morgan fingerprint density at radius 3 is 2.29 bits per heavy atom. The molecular formula is C27H32N2O5. The zero-order valence-corrected chi connectivity index (χ0v) is 20.0. The Bertz CT molecular complexity index is 1050. The van der Waals surface area contributed by atoms with Crippen LogP contribution in [0.4, 0.5) is 0 Å². The molecule has 0 bridgehead atoms. The molecule has 1 atom stereocenters. The van der Waals surface area contributed by atoms with Crippen molar-refractivity contribution in [1.29, 1.82) is 0 Å². The van der Waals surface area contributed by atoms with Gasteiger partial charge in [0.15, 0.2) is 0 Å². The molecular weight excluding hydrogens is 432 g/mol. The molecule has 2 heterocycles.